The van der Waals surface area contributed by atoms with Crippen LogP contribution in [-0.4, -0.2) is 32.1 Å². The van der Waals surface area contributed by atoms with Crippen LogP contribution in [-0.2, 0) is 32.0 Å². The second-order valence-corrected chi connectivity index (χ2v) is 5.40. The molecule has 0 aliphatic carbocycles. The largest absolute Gasteiger partial charge is 0.464 e. The van der Waals surface area contributed by atoms with Crippen LogP contribution < -0.4 is 0 Å². The van der Waals surface area contributed by atoms with Crippen molar-refractivity contribution in [3.05, 3.63) is 70.8 Å². The Labute approximate surface area is 159 Å². The van der Waals surface area contributed by atoms with Gasteiger partial charge in [-0.05, 0) is 17.7 Å². The van der Waals surface area contributed by atoms with Crippen LogP contribution in [0.25, 0.3) is 0 Å². The lowest BCUT2D eigenvalue weighted by Gasteiger charge is -2.09. The third kappa shape index (κ3) is 5.57. The summed E-state index contributed by atoms with van der Waals surface area (Å²) < 4.78 is 42.3. The third-order valence-corrected chi connectivity index (χ3v) is 3.57. The number of carbonyl (C=O) groups excluding carboxylic acids is 1. The van der Waals surface area contributed by atoms with Crippen molar-refractivity contribution in [2.24, 2.45) is 10.3 Å². The molecule has 0 N–H and O–H groups in total. The van der Waals surface area contributed by atoms with E-state index in [-0.39, 0.29) is 12.3 Å². The van der Waals surface area contributed by atoms with E-state index < -0.39 is 17.7 Å². The maximum atomic E-state index is 12.5. The van der Waals surface area contributed by atoms with E-state index in [2.05, 4.69) is 15.1 Å². The summed E-state index contributed by atoms with van der Waals surface area (Å²) in [6.07, 6.45) is -3.11. The number of hydrogen-bond donors (Lipinski definition) is 0. The Bertz CT molecular complexity index is 862. The summed E-state index contributed by atoms with van der Waals surface area (Å²) in [5.74, 6) is -0.678. The Balaban J connectivity index is 2.08. The van der Waals surface area contributed by atoms with Crippen molar-refractivity contribution in [2.75, 3.05) is 14.2 Å². The van der Waals surface area contributed by atoms with Gasteiger partial charge in [-0.2, -0.15) is 13.2 Å². The minimum atomic E-state index is -4.39. The first-order chi connectivity index (χ1) is 13.4. The highest BCUT2D eigenvalue weighted by atomic mass is 19.4. The summed E-state index contributed by atoms with van der Waals surface area (Å²) in [6.45, 7) is -0.00691. The molecule has 0 unspecified atom stereocenters. The highest BCUT2D eigenvalue weighted by Gasteiger charge is 2.29. The Morgan fingerprint density at radius 3 is 2.36 bits per heavy atom. The normalized spacial score (nSPS) is 12.1. The predicted octanol–water partition coefficient (Wildman–Crippen LogP) is 3.78. The molecule has 0 spiro atoms. The number of carbonyl (C=O) groups is 1. The van der Waals surface area contributed by atoms with Gasteiger partial charge in [0.15, 0.2) is 5.71 Å². The summed E-state index contributed by atoms with van der Waals surface area (Å²) in [5.41, 5.74) is 0.704. The molecule has 0 bridgehead atoms. The molecule has 6 nitrogen and oxygen atoms in total. The first kappa shape index (κ1) is 20.9. The van der Waals surface area contributed by atoms with E-state index in [0.29, 0.717) is 16.7 Å². The number of ether oxygens (including phenoxy) is 1. The van der Waals surface area contributed by atoms with Gasteiger partial charge in [0.25, 0.3) is 0 Å². The number of oxime groups is 2. The molecule has 0 radical (unpaired) electrons. The van der Waals surface area contributed by atoms with E-state index in [9.17, 15) is 18.0 Å². The fraction of sp³-hybridized carbons (Fsp3) is 0.211. The molecule has 2 rings (SSSR count). The van der Waals surface area contributed by atoms with Gasteiger partial charge in [-0.1, -0.05) is 46.7 Å². The standard InChI is InChI=1S/C19H17F3N2O4/c1-26-18(25)17(24-27-2)16-6-4-3-5-14(16)12-28-23-11-13-7-9-15(10-8-13)19(20,21)22/h3-11H,12H2,1-2H3/b23-11-,24-17+. The van der Waals surface area contributed by atoms with Gasteiger partial charge >= 0.3 is 12.1 Å². The number of alkyl halides is 3. The van der Waals surface area contributed by atoms with Crippen molar-refractivity contribution < 1.29 is 32.4 Å². The van der Waals surface area contributed by atoms with Crippen LogP contribution in [0.2, 0.25) is 0 Å². The number of rotatable bonds is 7. The van der Waals surface area contributed by atoms with Gasteiger partial charge < -0.3 is 14.4 Å². The molecule has 0 saturated carbocycles. The Morgan fingerprint density at radius 1 is 1.07 bits per heavy atom. The first-order valence-electron chi connectivity index (χ1n) is 7.97. The maximum Gasteiger partial charge on any atom is 0.416 e. The lowest BCUT2D eigenvalue weighted by Crippen LogP contribution is -2.19. The van der Waals surface area contributed by atoms with Gasteiger partial charge in [0.05, 0.1) is 18.9 Å². The fourth-order valence-corrected chi connectivity index (χ4v) is 2.22. The highest BCUT2D eigenvalue weighted by Crippen LogP contribution is 2.28. The number of methoxy groups -OCH3 is 1. The van der Waals surface area contributed by atoms with Gasteiger partial charge in [0.1, 0.15) is 13.7 Å². The van der Waals surface area contributed by atoms with Gasteiger partial charge in [-0.15, -0.1) is 0 Å². The van der Waals surface area contributed by atoms with E-state index in [1.54, 1.807) is 24.3 Å². The molecule has 9 heteroatoms. The van der Waals surface area contributed by atoms with Crippen molar-refractivity contribution in [1.29, 1.82) is 0 Å². The zero-order valence-corrected chi connectivity index (χ0v) is 15.1. The number of nitrogens with zero attached hydrogens (tertiary/aromatic N) is 2. The lowest BCUT2D eigenvalue weighted by molar-refractivity contribution is -0.137. The fourth-order valence-electron chi connectivity index (χ4n) is 2.22. The topological polar surface area (TPSA) is 69.5 Å². The van der Waals surface area contributed by atoms with Crippen molar-refractivity contribution >= 4 is 17.9 Å². The van der Waals surface area contributed by atoms with E-state index >= 15 is 0 Å². The second kappa shape index (κ2) is 9.54. The molecule has 2 aromatic rings. The van der Waals surface area contributed by atoms with Crippen LogP contribution in [0.15, 0.2) is 58.8 Å². The van der Waals surface area contributed by atoms with Crippen LogP contribution in [0.4, 0.5) is 13.2 Å². The van der Waals surface area contributed by atoms with E-state index in [0.717, 1.165) is 12.1 Å². The summed E-state index contributed by atoms with van der Waals surface area (Å²) >= 11 is 0. The molecule has 0 amide bonds. The van der Waals surface area contributed by atoms with Gasteiger partial charge in [0.2, 0.25) is 0 Å². The molecule has 0 aliphatic rings. The average Bonchev–Trinajstić information content (AvgIpc) is 2.69. The number of esters is 1. The van der Waals surface area contributed by atoms with Crippen molar-refractivity contribution in [2.45, 2.75) is 12.8 Å². The zero-order valence-electron chi connectivity index (χ0n) is 15.1. The van der Waals surface area contributed by atoms with Crippen LogP contribution in [0.5, 0.6) is 0 Å². The van der Waals surface area contributed by atoms with E-state index in [1.165, 1.54) is 32.6 Å². The summed E-state index contributed by atoms with van der Waals surface area (Å²) in [5, 5.41) is 7.43. The maximum absolute atomic E-state index is 12.5. The first-order valence-corrected chi connectivity index (χ1v) is 7.97. The summed E-state index contributed by atoms with van der Waals surface area (Å²) in [6, 6.07) is 11.3. The molecule has 2 aromatic carbocycles. The van der Waals surface area contributed by atoms with Gasteiger partial charge in [-0.25, -0.2) is 4.79 Å². The Kier molecular flexibility index (Phi) is 7.14. The molecule has 0 aromatic heterocycles. The summed E-state index contributed by atoms with van der Waals surface area (Å²) in [4.78, 5) is 21.8. The predicted molar refractivity (Wildman–Crippen MR) is 95.8 cm³/mol. The molecule has 0 atom stereocenters. The summed E-state index contributed by atoms with van der Waals surface area (Å²) in [7, 11) is 2.53. The molecule has 28 heavy (non-hydrogen) atoms. The van der Waals surface area contributed by atoms with Gasteiger partial charge in [0, 0.05) is 11.1 Å². The van der Waals surface area contributed by atoms with Crippen LogP contribution in [0.1, 0.15) is 22.3 Å². The van der Waals surface area contributed by atoms with Crippen LogP contribution >= 0.6 is 0 Å². The van der Waals surface area contributed by atoms with E-state index in [4.69, 9.17) is 9.57 Å². The minimum Gasteiger partial charge on any atom is -0.464 e. The van der Waals surface area contributed by atoms with Gasteiger partial charge in [-0.3, -0.25) is 0 Å². The second-order valence-electron chi connectivity index (χ2n) is 5.40. The van der Waals surface area contributed by atoms with Crippen LogP contribution in [0.3, 0.4) is 0 Å². The number of benzene rings is 2. The van der Waals surface area contributed by atoms with E-state index in [1.807, 2.05) is 0 Å². The van der Waals surface area contributed by atoms with Crippen LogP contribution in [0, 0.1) is 0 Å². The monoisotopic (exact) mass is 394 g/mol. The number of hydrogen-bond acceptors (Lipinski definition) is 6. The molecule has 0 heterocycles. The van der Waals surface area contributed by atoms with Crippen molar-refractivity contribution in [3.63, 3.8) is 0 Å². The van der Waals surface area contributed by atoms with Crippen molar-refractivity contribution in [3.8, 4) is 0 Å². The highest BCUT2D eigenvalue weighted by molar-refractivity contribution is 6.43. The van der Waals surface area contributed by atoms with Crippen molar-refractivity contribution in [1.82, 2.24) is 0 Å². The SMILES string of the molecule is CO/N=C(/C(=O)OC)c1ccccc1CO/N=C\c1ccc(C(F)(F)F)cc1. The molecular formula is C19H17F3N2O4. The molecule has 0 aliphatic heterocycles. The third-order valence-electron chi connectivity index (χ3n) is 3.57. The Morgan fingerprint density at radius 2 is 1.75 bits per heavy atom. The molecule has 0 saturated heterocycles. The zero-order chi connectivity index (χ0) is 20.6. The molecular weight excluding hydrogens is 377 g/mol. The minimum absolute atomic E-state index is 0.00691. The number of halogens is 3. The smallest absolute Gasteiger partial charge is 0.416 e. The molecule has 0 fully saturated rings. The quantitative estimate of drug-likeness (QED) is 0.407. The Hall–Kier alpha value is -3.36. The average molecular weight is 394 g/mol. The lowest BCUT2D eigenvalue weighted by atomic mass is 10.0. The molecule has 148 valence electrons.